The van der Waals surface area contributed by atoms with Crippen molar-refractivity contribution in [3.63, 3.8) is 0 Å². The van der Waals surface area contributed by atoms with E-state index < -0.39 is 5.60 Å². The molecule has 4 rings (SSSR count). The van der Waals surface area contributed by atoms with Crippen LogP contribution in [0.15, 0.2) is 0 Å². The Kier molecular flexibility index (Phi) is 9.72. The van der Waals surface area contributed by atoms with E-state index in [1.807, 2.05) is 27.7 Å². The predicted molar refractivity (Wildman–Crippen MR) is 156 cm³/mol. The highest BCUT2D eigenvalue weighted by Crippen LogP contribution is 2.68. The minimum Gasteiger partial charge on any atom is -0.462 e. The molecule has 230 valence electrons. The zero-order valence-corrected chi connectivity index (χ0v) is 26.7. The topological polar surface area (TPSA) is 82.1 Å². The van der Waals surface area contributed by atoms with Gasteiger partial charge in [0, 0.05) is 13.5 Å². The Morgan fingerprint density at radius 3 is 2.35 bits per heavy atom. The summed E-state index contributed by atoms with van der Waals surface area (Å²) >= 11 is 0. The summed E-state index contributed by atoms with van der Waals surface area (Å²) in [4.78, 5) is 25.1. The molecule has 0 radical (unpaired) electrons. The lowest BCUT2D eigenvalue weighted by Gasteiger charge is -2.62. The van der Waals surface area contributed by atoms with Crippen LogP contribution in [0.3, 0.4) is 0 Å². The van der Waals surface area contributed by atoms with Crippen molar-refractivity contribution in [1.82, 2.24) is 0 Å². The smallest absolute Gasteiger partial charge is 0.308 e. The molecule has 0 aliphatic heterocycles. The first-order valence-corrected chi connectivity index (χ1v) is 16.3. The largest absolute Gasteiger partial charge is 0.462 e. The Morgan fingerprint density at radius 2 is 1.68 bits per heavy atom. The number of methoxy groups -OCH3 is 1. The molecule has 0 amide bonds. The van der Waals surface area contributed by atoms with Gasteiger partial charge >= 0.3 is 11.9 Å². The summed E-state index contributed by atoms with van der Waals surface area (Å²) in [5, 5.41) is 11.7. The maximum Gasteiger partial charge on any atom is 0.308 e. The van der Waals surface area contributed by atoms with Crippen molar-refractivity contribution in [2.45, 2.75) is 137 Å². The van der Waals surface area contributed by atoms with Crippen LogP contribution >= 0.6 is 0 Å². The summed E-state index contributed by atoms with van der Waals surface area (Å²) in [6.45, 7) is 15.5. The molecule has 4 fully saturated rings. The van der Waals surface area contributed by atoms with Gasteiger partial charge in [-0.1, -0.05) is 34.6 Å². The summed E-state index contributed by atoms with van der Waals surface area (Å²) < 4.78 is 16.8. The van der Waals surface area contributed by atoms with Crippen LogP contribution < -0.4 is 0 Å². The van der Waals surface area contributed by atoms with E-state index >= 15 is 0 Å². The van der Waals surface area contributed by atoms with Crippen molar-refractivity contribution in [3.05, 3.63) is 0 Å². The van der Waals surface area contributed by atoms with Crippen LogP contribution in [0.25, 0.3) is 0 Å². The number of carbonyl (C=O) groups is 2. The van der Waals surface area contributed by atoms with Gasteiger partial charge in [-0.25, -0.2) is 0 Å². The second-order valence-electron chi connectivity index (χ2n) is 15.3. The molecule has 4 saturated carbocycles. The molecule has 0 aromatic rings. The zero-order valence-electron chi connectivity index (χ0n) is 26.7. The molecular weight excluding hydrogens is 504 g/mol. The Bertz CT molecular complexity index is 901. The number of aliphatic hydroxyl groups excluding tert-OH is 1. The van der Waals surface area contributed by atoms with Gasteiger partial charge in [-0.2, -0.15) is 0 Å². The molecule has 40 heavy (non-hydrogen) atoms. The third-order valence-electron chi connectivity index (χ3n) is 12.4. The van der Waals surface area contributed by atoms with Gasteiger partial charge in [0.15, 0.2) is 0 Å². The van der Waals surface area contributed by atoms with Gasteiger partial charge in [-0.05, 0) is 124 Å². The Balaban J connectivity index is 1.39. The second kappa shape index (κ2) is 12.2. The number of fused-ring (bicyclic) bond motifs is 5. The Hall–Kier alpha value is -1.14. The fourth-order valence-electron chi connectivity index (χ4n) is 10.00. The quantitative estimate of drug-likeness (QED) is 0.290. The van der Waals surface area contributed by atoms with Crippen LogP contribution in [-0.4, -0.2) is 48.6 Å². The molecule has 6 heteroatoms. The third kappa shape index (κ3) is 6.14. The van der Waals surface area contributed by atoms with E-state index in [-0.39, 0.29) is 40.9 Å². The van der Waals surface area contributed by atoms with Gasteiger partial charge in [0.05, 0.1) is 18.6 Å². The maximum absolute atomic E-state index is 12.6. The number of rotatable bonds is 10. The highest BCUT2D eigenvalue weighted by atomic mass is 16.6. The first-order chi connectivity index (χ1) is 18.8. The Morgan fingerprint density at radius 1 is 1.00 bits per heavy atom. The summed E-state index contributed by atoms with van der Waals surface area (Å²) in [7, 11) is 1.63. The van der Waals surface area contributed by atoms with E-state index in [2.05, 4.69) is 20.8 Å². The molecule has 9 unspecified atom stereocenters. The number of hydrogen-bond acceptors (Lipinski definition) is 6. The van der Waals surface area contributed by atoms with Crippen LogP contribution in [0.5, 0.6) is 0 Å². The van der Waals surface area contributed by atoms with E-state index in [0.717, 1.165) is 38.5 Å². The minimum atomic E-state index is -0.600. The standard InChI is InChI=1S/C34H58O6/c1-9-21(2)31(37)39-24-14-16-33(6)23(18-24)19-28(35)30-26-12-11-25(34(26,7)17-15-27(30)33)22(3)10-13-29(36)40-32(4,5)20-38-8/h21-28,30,35H,9-20H2,1-8H3/t21?,22?,23?,24?,25?,26?,27?,28?,30?,33-,34+/m0/s1. The van der Waals surface area contributed by atoms with E-state index in [9.17, 15) is 14.7 Å². The molecule has 6 nitrogen and oxygen atoms in total. The van der Waals surface area contributed by atoms with E-state index in [1.54, 1.807) is 7.11 Å². The Labute approximate surface area is 243 Å². The molecule has 4 aliphatic rings. The van der Waals surface area contributed by atoms with Crippen LogP contribution in [0, 0.1) is 52.3 Å². The van der Waals surface area contributed by atoms with Gasteiger partial charge in [0.25, 0.3) is 0 Å². The molecule has 4 aliphatic carbocycles. The summed E-state index contributed by atoms with van der Waals surface area (Å²) in [5.41, 5.74) is -0.169. The van der Waals surface area contributed by atoms with Gasteiger partial charge in [0.2, 0.25) is 0 Å². The average Bonchev–Trinajstić information content (AvgIpc) is 3.24. The summed E-state index contributed by atoms with van der Waals surface area (Å²) in [6, 6.07) is 0. The van der Waals surface area contributed by atoms with Gasteiger partial charge in [-0.15, -0.1) is 0 Å². The van der Waals surface area contributed by atoms with Crippen molar-refractivity contribution in [1.29, 1.82) is 0 Å². The van der Waals surface area contributed by atoms with Crippen LogP contribution in [-0.2, 0) is 23.8 Å². The van der Waals surface area contributed by atoms with Gasteiger partial charge < -0.3 is 19.3 Å². The van der Waals surface area contributed by atoms with Crippen molar-refractivity contribution in [2.24, 2.45) is 52.3 Å². The molecule has 11 atom stereocenters. The second-order valence-corrected chi connectivity index (χ2v) is 15.3. The number of aliphatic hydroxyl groups is 1. The molecular formula is C34H58O6. The monoisotopic (exact) mass is 562 g/mol. The fraction of sp³-hybridized carbons (Fsp3) is 0.941. The average molecular weight is 563 g/mol. The first-order valence-electron chi connectivity index (χ1n) is 16.3. The van der Waals surface area contributed by atoms with E-state index in [4.69, 9.17) is 14.2 Å². The van der Waals surface area contributed by atoms with E-state index in [1.165, 1.54) is 25.7 Å². The zero-order chi connectivity index (χ0) is 29.5. The molecule has 0 aromatic heterocycles. The molecule has 0 heterocycles. The molecule has 0 aromatic carbocycles. The van der Waals surface area contributed by atoms with Gasteiger partial charge in [-0.3, -0.25) is 9.59 Å². The molecule has 0 saturated heterocycles. The highest BCUT2D eigenvalue weighted by Gasteiger charge is 2.63. The maximum atomic E-state index is 12.6. The minimum absolute atomic E-state index is 0.000607. The number of ether oxygens (including phenoxy) is 3. The predicted octanol–water partition coefficient (Wildman–Crippen LogP) is 6.96. The number of hydrogen-bond donors (Lipinski definition) is 1. The van der Waals surface area contributed by atoms with Crippen molar-refractivity contribution in [3.8, 4) is 0 Å². The van der Waals surface area contributed by atoms with Crippen LogP contribution in [0.2, 0.25) is 0 Å². The third-order valence-corrected chi connectivity index (χ3v) is 12.4. The van der Waals surface area contributed by atoms with Gasteiger partial charge in [0.1, 0.15) is 11.7 Å². The molecule has 0 bridgehead atoms. The van der Waals surface area contributed by atoms with Crippen molar-refractivity contribution in [2.75, 3.05) is 13.7 Å². The van der Waals surface area contributed by atoms with E-state index in [0.29, 0.717) is 48.5 Å². The van der Waals surface area contributed by atoms with Crippen LogP contribution in [0.4, 0.5) is 0 Å². The lowest BCUT2D eigenvalue weighted by atomic mass is 9.43. The number of carbonyl (C=O) groups excluding carboxylic acids is 2. The van der Waals surface area contributed by atoms with Crippen molar-refractivity contribution < 1.29 is 28.9 Å². The summed E-state index contributed by atoms with van der Waals surface area (Å²) in [5.74, 6) is 2.64. The lowest BCUT2D eigenvalue weighted by molar-refractivity contribution is -0.184. The fourth-order valence-corrected chi connectivity index (χ4v) is 10.00. The lowest BCUT2D eigenvalue weighted by Crippen LogP contribution is -2.58. The molecule has 0 spiro atoms. The highest BCUT2D eigenvalue weighted by molar-refractivity contribution is 5.72. The first kappa shape index (κ1) is 31.8. The normalized spacial score (nSPS) is 40.8. The van der Waals surface area contributed by atoms with Crippen LogP contribution in [0.1, 0.15) is 119 Å². The van der Waals surface area contributed by atoms with Crippen molar-refractivity contribution >= 4 is 11.9 Å². The number of esters is 2. The SMILES string of the molecule is CCC(C)C(=O)OC1CC[C@@]2(C)C(C1)CC(O)C1C3CCC(C(C)CCC(=O)OC(C)(C)COC)[C@@]3(C)CCC12. The molecule has 1 N–H and O–H groups in total. The summed E-state index contributed by atoms with van der Waals surface area (Å²) in [6.07, 6.45) is 10.4.